The van der Waals surface area contributed by atoms with Crippen molar-refractivity contribution in [1.82, 2.24) is 10.3 Å². The molecular formula is C19H19ClN2O4. The minimum absolute atomic E-state index is 0.0133. The molecule has 0 aliphatic carbocycles. The van der Waals surface area contributed by atoms with Gasteiger partial charge in [-0.2, -0.15) is 0 Å². The van der Waals surface area contributed by atoms with Gasteiger partial charge in [-0.15, -0.1) is 0 Å². The van der Waals surface area contributed by atoms with E-state index < -0.39 is 5.97 Å². The van der Waals surface area contributed by atoms with Crippen LogP contribution in [0.2, 0.25) is 5.02 Å². The number of fused-ring (bicyclic) bond motifs is 1. The molecule has 3 rings (SSSR count). The van der Waals surface area contributed by atoms with Crippen LogP contribution in [-0.2, 0) is 16.1 Å². The van der Waals surface area contributed by atoms with Gasteiger partial charge in [-0.25, -0.2) is 9.78 Å². The van der Waals surface area contributed by atoms with Crippen LogP contribution in [0.25, 0.3) is 10.9 Å². The number of nitrogens with zero attached hydrogens (tertiary/aromatic N) is 1. The van der Waals surface area contributed by atoms with Gasteiger partial charge in [0.2, 0.25) is 5.88 Å². The van der Waals surface area contributed by atoms with Gasteiger partial charge in [0, 0.05) is 22.5 Å². The summed E-state index contributed by atoms with van der Waals surface area (Å²) in [5, 5.41) is 4.88. The van der Waals surface area contributed by atoms with Gasteiger partial charge in [0.05, 0.1) is 24.9 Å². The normalized spacial score (nSPS) is 12.1. The van der Waals surface area contributed by atoms with Crippen LogP contribution >= 0.6 is 11.6 Å². The van der Waals surface area contributed by atoms with Crippen LogP contribution in [0.15, 0.2) is 47.1 Å². The fourth-order valence-corrected chi connectivity index (χ4v) is 2.67. The number of hydrogen-bond donors (Lipinski definition) is 1. The van der Waals surface area contributed by atoms with Crippen LogP contribution in [0.1, 0.15) is 24.3 Å². The molecule has 0 amide bonds. The van der Waals surface area contributed by atoms with Crippen molar-refractivity contribution in [3.05, 3.63) is 59.0 Å². The number of benzene rings is 1. The maximum atomic E-state index is 11.4. The second-order valence-electron chi connectivity index (χ2n) is 5.77. The molecule has 0 radical (unpaired) electrons. The quantitative estimate of drug-likeness (QED) is 0.632. The lowest BCUT2D eigenvalue weighted by atomic mass is 10.1. The zero-order chi connectivity index (χ0) is 18.5. The molecule has 1 unspecified atom stereocenters. The number of halogens is 1. The van der Waals surface area contributed by atoms with E-state index in [-0.39, 0.29) is 12.6 Å². The van der Waals surface area contributed by atoms with Gasteiger partial charge in [-0.3, -0.25) is 0 Å². The number of carbonyl (C=O) groups is 1. The number of ether oxygens (including phenoxy) is 2. The second kappa shape index (κ2) is 8.21. The summed E-state index contributed by atoms with van der Waals surface area (Å²) in [5.74, 6) is 0.729. The van der Waals surface area contributed by atoms with Gasteiger partial charge in [-0.1, -0.05) is 17.7 Å². The van der Waals surface area contributed by atoms with Crippen molar-refractivity contribution in [3.8, 4) is 5.88 Å². The predicted molar refractivity (Wildman–Crippen MR) is 98.2 cm³/mol. The number of hydrogen-bond acceptors (Lipinski definition) is 6. The van der Waals surface area contributed by atoms with Crippen LogP contribution in [0.5, 0.6) is 5.88 Å². The Morgan fingerprint density at radius 2 is 2.19 bits per heavy atom. The molecule has 3 aromatic rings. The Labute approximate surface area is 156 Å². The first-order valence-electron chi connectivity index (χ1n) is 8.12. The number of pyridine rings is 1. The SMILES string of the molecule is COC(=O)COc1nc2cc(Cl)ccc2cc1CNC(C)c1ccco1. The monoisotopic (exact) mass is 374 g/mol. The first-order chi connectivity index (χ1) is 12.6. The third-order valence-corrected chi connectivity index (χ3v) is 4.18. The number of furan rings is 1. The Hall–Kier alpha value is -2.57. The van der Waals surface area contributed by atoms with E-state index >= 15 is 0 Å². The Morgan fingerprint density at radius 1 is 1.35 bits per heavy atom. The van der Waals surface area contributed by atoms with Crippen LogP contribution in [-0.4, -0.2) is 24.7 Å². The molecule has 1 aromatic carbocycles. The first-order valence-corrected chi connectivity index (χ1v) is 8.50. The van der Waals surface area contributed by atoms with E-state index in [0.717, 1.165) is 16.7 Å². The standard InChI is InChI=1S/C19H19ClN2O4/c1-12(17-4-3-7-25-17)21-10-14-8-13-5-6-15(20)9-16(13)22-19(14)26-11-18(23)24-2/h3-9,12,21H,10-11H2,1-2H3. The lowest BCUT2D eigenvalue weighted by Gasteiger charge is -2.15. The van der Waals surface area contributed by atoms with Gasteiger partial charge >= 0.3 is 5.97 Å². The van der Waals surface area contributed by atoms with Gasteiger partial charge in [-0.05, 0) is 37.3 Å². The number of methoxy groups -OCH3 is 1. The van der Waals surface area contributed by atoms with Crippen LogP contribution in [0.3, 0.4) is 0 Å². The predicted octanol–water partition coefficient (Wildman–Crippen LogP) is 3.88. The first kappa shape index (κ1) is 18.2. The lowest BCUT2D eigenvalue weighted by Crippen LogP contribution is -2.19. The molecule has 0 spiro atoms. The molecule has 0 fully saturated rings. The summed E-state index contributed by atoms with van der Waals surface area (Å²) in [5.41, 5.74) is 1.52. The Bertz CT molecular complexity index is 896. The average Bonchev–Trinajstić information content (AvgIpc) is 3.18. The zero-order valence-corrected chi connectivity index (χ0v) is 15.2. The smallest absolute Gasteiger partial charge is 0.343 e. The average molecular weight is 375 g/mol. The molecule has 0 saturated heterocycles. The summed E-state index contributed by atoms with van der Waals surface area (Å²) in [4.78, 5) is 15.9. The van der Waals surface area contributed by atoms with Crippen molar-refractivity contribution in [2.75, 3.05) is 13.7 Å². The molecule has 6 nitrogen and oxygen atoms in total. The number of esters is 1. The molecule has 0 aliphatic rings. The maximum Gasteiger partial charge on any atom is 0.343 e. The van der Waals surface area contributed by atoms with Crippen molar-refractivity contribution in [3.63, 3.8) is 0 Å². The number of nitrogens with one attached hydrogen (secondary N) is 1. The van der Waals surface area contributed by atoms with E-state index in [1.807, 2.05) is 37.3 Å². The van der Waals surface area contributed by atoms with Crippen LogP contribution < -0.4 is 10.1 Å². The zero-order valence-electron chi connectivity index (χ0n) is 14.5. The third-order valence-electron chi connectivity index (χ3n) is 3.94. The van der Waals surface area contributed by atoms with Crippen LogP contribution in [0.4, 0.5) is 0 Å². The molecule has 136 valence electrons. The fourth-order valence-electron chi connectivity index (χ4n) is 2.51. The van der Waals surface area contributed by atoms with E-state index in [2.05, 4.69) is 15.0 Å². The topological polar surface area (TPSA) is 73.6 Å². The van der Waals surface area contributed by atoms with Gasteiger partial charge < -0.3 is 19.2 Å². The van der Waals surface area contributed by atoms with Crippen molar-refractivity contribution in [1.29, 1.82) is 0 Å². The minimum atomic E-state index is -0.471. The number of aromatic nitrogens is 1. The van der Waals surface area contributed by atoms with Gasteiger partial charge in [0.15, 0.2) is 6.61 Å². The molecule has 1 atom stereocenters. The highest BCUT2D eigenvalue weighted by atomic mass is 35.5. The largest absolute Gasteiger partial charge is 0.468 e. The molecular weight excluding hydrogens is 356 g/mol. The van der Waals surface area contributed by atoms with Gasteiger partial charge in [0.25, 0.3) is 0 Å². The summed E-state index contributed by atoms with van der Waals surface area (Å²) in [6, 6.07) is 11.2. The molecule has 0 saturated carbocycles. The maximum absolute atomic E-state index is 11.4. The van der Waals surface area contributed by atoms with Gasteiger partial charge in [0.1, 0.15) is 5.76 Å². The third kappa shape index (κ3) is 4.33. The second-order valence-corrected chi connectivity index (χ2v) is 6.21. The Kier molecular flexibility index (Phi) is 5.75. The highest BCUT2D eigenvalue weighted by Gasteiger charge is 2.14. The van der Waals surface area contributed by atoms with Crippen molar-refractivity contribution >= 4 is 28.5 Å². The summed E-state index contributed by atoms with van der Waals surface area (Å²) >= 11 is 6.04. The van der Waals surface area contributed by atoms with E-state index in [9.17, 15) is 4.79 Å². The van der Waals surface area contributed by atoms with E-state index in [1.165, 1.54) is 7.11 Å². The van der Waals surface area contributed by atoms with Crippen LogP contribution in [0, 0.1) is 0 Å². The minimum Gasteiger partial charge on any atom is -0.468 e. The molecule has 1 N–H and O–H groups in total. The molecule has 26 heavy (non-hydrogen) atoms. The molecule has 7 heteroatoms. The molecule has 2 aromatic heterocycles. The number of rotatable bonds is 7. The van der Waals surface area contributed by atoms with E-state index in [0.29, 0.717) is 23.0 Å². The lowest BCUT2D eigenvalue weighted by molar-refractivity contribution is -0.143. The summed E-state index contributed by atoms with van der Waals surface area (Å²) < 4.78 is 15.6. The fraction of sp³-hybridized carbons (Fsp3) is 0.263. The highest BCUT2D eigenvalue weighted by molar-refractivity contribution is 6.31. The van der Waals surface area contributed by atoms with Crippen molar-refractivity contribution in [2.45, 2.75) is 19.5 Å². The molecule has 2 heterocycles. The Morgan fingerprint density at radius 3 is 2.92 bits per heavy atom. The Balaban J connectivity index is 1.85. The van der Waals surface area contributed by atoms with Crippen molar-refractivity contribution < 1.29 is 18.7 Å². The summed E-state index contributed by atoms with van der Waals surface area (Å²) in [6.45, 7) is 2.28. The van der Waals surface area contributed by atoms with E-state index in [4.69, 9.17) is 20.8 Å². The van der Waals surface area contributed by atoms with E-state index in [1.54, 1.807) is 12.3 Å². The summed E-state index contributed by atoms with van der Waals surface area (Å²) in [6.07, 6.45) is 1.64. The van der Waals surface area contributed by atoms with Crippen molar-refractivity contribution in [2.24, 2.45) is 0 Å². The highest BCUT2D eigenvalue weighted by Crippen LogP contribution is 2.25. The number of carbonyl (C=O) groups excluding carboxylic acids is 1. The summed E-state index contributed by atoms with van der Waals surface area (Å²) in [7, 11) is 1.31. The molecule has 0 aliphatic heterocycles. The molecule has 0 bridgehead atoms.